The van der Waals surface area contributed by atoms with Crippen molar-refractivity contribution in [1.29, 1.82) is 0 Å². The molecule has 4 nitrogen and oxygen atoms in total. The van der Waals surface area contributed by atoms with Crippen molar-refractivity contribution in [3.8, 4) is 5.75 Å². The Morgan fingerprint density at radius 1 is 1.21 bits per heavy atom. The summed E-state index contributed by atoms with van der Waals surface area (Å²) in [5, 5.41) is 0. The second-order valence-electron chi connectivity index (χ2n) is 4.50. The fraction of sp³-hybridized carbons (Fsp3) is 0.333. The maximum atomic E-state index is 5.90. The number of hydrogen-bond acceptors (Lipinski definition) is 4. The van der Waals surface area contributed by atoms with Crippen LogP contribution in [-0.4, -0.2) is 16.0 Å². The van der Waals surface area contributed by atoms with E-state index in [1.165, 1.54) is 0 Å². The summed E-state index contributed by atoms with van der Waals surface area (Å²) in [6, 6.07) is 7.95. The maximum absolute atomic E-state index is 5.90. The van der Waals surface area contributed by atoms with E-state index in [0.717, 1.165) is 29.8 Å². The van der Waals surface area contributed by atoms with Crippen LogP contribution in [0.1, 0.15) is 24.6 Å². The van der Waals surface area contributed by atoms with E-state index in [0.29, 0.717) is 6.61 Å². The Balaban J connectivity index is 1.88. The molecular formula is C15H19N3O. The second-order valence-corrected chi connectivity index (χ2v) is 4.50. The first kappa shape index (κ1) is 13.5. The SMILES string of the molecule is CCC(N)Cc1ccc(OCc2ccncc2)cn1. The van der Waals surface area contributed by atoms with Crippen LogP contribution in [-0.2, 0) is 13.0 Å². The molecule has 2 aromatic rings. The van der Waals surface area contributed by atoms with Gasteiger partial charge >= 0.3 is 0 Å². The minimum atomic E-state index is 0.177. The van der Waals surface area contributed by atoms with Crippen molar-refractivity contribution in [2.24, 2.45) is 5.73 Å². The van der Waals surface area contributed by atoms with E-state index >= 15 is 0 Å². The Labute approximate surface area is 113 Å². The zero-order valence-electron chi connectivity index (χ0n) is 11.1. The number of hydrogen-bond donors (Lipinski definition) is 1. The molecule has 0 aliphatic carbocycles. The third kappa shape index (κ3) is 4.34. The zero-order chi connectivity index (χ0) is 13.5. The van der Waals surface area contributed by atoms with Gasteiger partial charge < -0.3 is 10.5 Å². The van der Waals surface area contributed by atoms with Crippen molar-refractivity contribution in [2.75, 3.05) is 0 Å². The van der Waals surface area contributed by atoms with Gasteiger partial charge in [-0.25, -0.2) is 0 Å². The van der Waals surface area contributed by atoms with Gasteiger partial charge in [-0.1, -0.05) is 6.92 Å². The molecule has 0 aromatic carbocycles. The van der Waals surface area contributed by atoms with Crippen molar-refractivity contribution in [1.82, 2.24) is 9.97 Å². The summed E-state index contributed by atoms with van der Waals surface area (Å²) in [7, 11) is 0. The van der Waals surface area contributed by atoms with Gasteiger partial charge in [0, 0.05) is 30.6 Å². The van der Waals surface area contributed by atoms with Gasteiger partial charge in [-0.2, -0.15) is 0 Å². The molecule has 0 spiro atoms. The lowest BCUT2D eigenvalue weighted by Crippen LogP contribution is -2.21. The van der Waals surface area contributed by atoms with E-state index < -0.39 is 0 Å². The largest absolute Gasteiger partial charge is 0.487 e. The van der Waals surface area contributed by atoms with Crippen LogP contribution in [0.2, 0.25) is 0 Å². The van der Waals surface area contributed by atoms with Crippen LogP contribution in [0.5, 0.6) is 5.75 Å². The summed E-state index contributed by atoms with van der Waals surface area (Å²) in [4.78, 5) is 8.33. The van der Waals surface area contributed by atoms with Gasteiger partial charge in [0.25, 0.3) is 0 Å². The molecule has 0 saturated carbocycles. The molecule has 4 heteroatoms. The van der Waals surface area contributed by atoms with Crippen molar-refractivity contribution in [3.63, 3.8) is 0 Å². The van der Waals surface area contributed by atoms with Crippen LogP contribution in [0.4, 0.5) is 0 Å². The first-order chi connectivity index (χ1) is 9.28. The van der Waals surface area contributed by atoms with Crippen LogP contribution in [0.15, 0.2) is 42.9 Å². The molecule has 1 unspecified atom stereocenters. The quantitative estimate of drug-likeness (QED) is 0.862. The van der Waals surface area contributed by atoms with E-state index in [1.54, 1.807) is 18.6 Å². The summed E-state index contributed by atoms with van der Waals surface area (Å²) in [6.45, 7) is 2.61. The van der Waals surface area contributed by atoms with E-state index in [-0.39, 0.29) is 6.04 Å². The number of nitrogens with two attached hydrogens (primary N) is 1. The Bertz CT molecular complexity index is 485. The topological polar surface area (TPSA) is 61.0 Å². The Morgan fingerprint density at radius 2 is 2.00 bits per heavy atom. The molecule has 0 radical (unpaired) electrons. The standard InChI is InChI=1S/C15H19N3O/c1-2-13(16)9-14-3-4-15(10-18-14)19-11-12-5-7-17-8-6-12/h3-8,10,13H,2,9,11,16H2,1H3. The van der Waals surface area contributed by atoms with Crippen LogP contribution in [0.3, 0.4) is 0 Å². The smallest absolute Gasteiger partial charge is 0.138 e. The van der Waals surface area contributed by atoms with E-state index in [2.05, 4.69) is 16.9 Å². The average Bonchev–Trinajstić information content (AvgIpc) is 2.47. The monoisotopic (exact) mass is 257 g/mol. The summed E-state index contributed by atoms with van der Waals surface area (Å²) in [5.74, 6) is 0.769. The third-order valence-corrected chi connectivity index (χ3v) is 2.95. The fourth-order valence-corrected chi connectivity index (χ4v) is 1.68. The fourth-order valence-electron chi connectivity index (χ4n) is 1.68. The predicted octanol–water partition coefficient (Wildman–Crippen LogP) is 2.34. The first-order valence-electron chi connectivity index (χ1n) is 6.50. The average molecular weight is 257 g/mol. The number of ether oxygens (including phenoxy) is 1. The molecule has 19 heavy (non-hydrogen) atoms. The minimum absolute atomic E-state index is 0.177. The predicted molar refractivity (Wildman–Crippen MR) is 74.8 cm³/mol. The molecule has 2 rings (SSSR count). The Morgan fingerprint density at radius 3 is 2.63 bits per heavy atom. The van der Waals surface area contributed by atoms with Crippen molar-refractivity contribution < 1.29 is 4.74 Å². The molecule has 0 bridgehead atoms. The van der Waals surface area contributed by atoms with Gasteiger partial charge in [0.2, 0.25) is 0 Å². The number of rotatable bonds is 6. The summed E-state index contributed by atoms with van der Waals surface area (Å²) in [6.07, 6.45) is 7.03. The maximum Gasteiger partial charge on any atom is 0.138 e. The normalized spacial score (nSPS) is 12.1. The van der Waals surface area contributed by atoms with Crippen molar-refractivity contribution in [2.45, 2.75) is 32.4 Å². The van der Waals surface area contributed by atoms with Gasteiger partial charge in [-0.05, 0) is 36.2 Å². The lowest BCUT2D eigenvalue weighted by Gasteiger charge is -2.09. The summed E-state index contributed by atoms with van der Waals surface area (Å²) in [5.41, 5.74) is 8.00. The van der Waals surface area contributed by atoms with E-state index in [9.17, 15) is 0 Å². The molecule has 0 saturated heterocycles. The molecule has 100 valence electrons. The van der Waals surface area contributed by atoms with Crippen LogP contribution in [0, 0.1) is 0 Å². The molecule has 2 heterocycles. The Hall–Kier alpha value is -1.94. The molecular weight excluding hydrogens is 238 g/mol. The number of pyridine rings is 2. The van der Waals surface area contributed by atoms with Gasteiger partial charge in [-0.3, -0.25) is 9.97 Å². The lowest BCUT2D eigenvalue weighted by molar-refractivity contribution is 0.304. The molecule has 0 fully saturated rings. The van der Waals surface area contributed by atoms with Gasteiger partial charge in [0.15, 0.2) is 0 Å². The molecule has 0 aliphatic rings. The molecule has 0 aliphatic heterocycles. The van der Waals surface area contributed by atoms with E-state index in [4.69, 9.17) is 10.5 Å². The number of aromatic nitrogens is 2. The molecule has 1 atom stereocenters. The molecule has 2 aromatic heterocycles. The van der Waals surface area contributed by atoms with Crippen molar-refractivity contribution >= 4 is 0 Å². The van der Waals surface area contributed by atoms with Crippen molar-refractivity contribution in [3.05, 3.63) is 54.1 Å². The van der Waals surface area contributed by atoms with Crippen LogP contribution >= 0.6 is 0 Å². The highest BCUT2D eigenvalue weighted by atomic mass is 16.5. The highest BCUT2D eigenvalue weighted by Gasteiger charge is 2.03. The zero-order valence-corrected chi connectivity index (χ0v) is 11.1. The molecule has 0 amide bonds. The first-order valence-corrected chi connectivity index (χ1v) is 6.50. The lowest BCUT2D eigenvalue weighted by atomic mass is 10.1. The second kappa shape index (κ2) is 6.85. The van der Waals surface area contributed by atoms with E-state index in [1.807, 2.05) is 24.3 Å². The summed E-state index contributed by atoms with van der Waals surface area (Å²) >= 11 is 0. The minimum Gasteiger partial charge on any atom is -0.487 e. The third-order valence-electron chi connectivity index (χ3n) is 2.95. The highest BCUT2D eigenvalue weighted by molar-refractivity contribution is 5.21. The van der Waals surface area contributed by atoms with Gasteiger partial charge in [0.05, 0.1) is 6.20 Å². The number of nitrogens with zero attached hydrogens (tertiary/aromatic N) is 2. The van der Waals surface area contributed by atoms with Gasteiger partial charge in [-0.15, -0.1) is 0 Å². The summed E-state index contributed by atoms with van der Waals surface area (Å²) < 4.78 is 5.66. The van der Waals surface area contributed by atoms with Crippen LogP contribution < -0.4 is 10.5 Å². The Kier molecular flexibility index (Phi) is 4.86. The van der Waals surface area contributed by atoms with Crippen LogP contribution in [0.25, 0.3) is 0 Å². The highest BCUT2D eigenvalue weighted by Crippen LogP contribution is 2.12. The molecule has 2 N–H and O–H groups in total. The van der Waals surface area contributed by atoms with Gasteiger partial charge in [0.1, 0.15) is 12.4 Å².